The minimum absolute atomic E-state index is 0. The lowest BCUT2D eigenvalue weighted by atomic mass is 10.2. The quantitative estimate of drug-likeness (QED) is 0.629. The van der Waals surface area contributed by atoms with Crippen molar-refractivity contribution in [2.24, 2.45) is 0 Å². The molecule has 0 aliphatic carbocycles. The van der Waals surface area contributed by atoms with Gasteiger partial charge in [-0.05, 0) is 37.6 Å². The largest absolute Gasteiger partial charge is 0.340 e. The molecular weight excluding hydrogens is 349 g/mol. The lowest BCUT2D eigenvalue weighted by Crippen LogP contribution is -1.95. The summed E-state index contributed by atoms with van der Waals surface area (Å²) in [7, 11) is 0. The molecule has 3 rings (SSSR count). The zero-order valence-electron chi connectivity index (χ0n) is 11.3. The Balaban J connectivity index is 0.00000161. The van der Waals surface area contributed by atoms with Gasteiger partial charge in [-0.3, -0.25) is 0 Å². The van der Waals surface area contributed by atoms with E-state index in [1.165, 1.54) is 10.4 Å². The summed E-state index contributed by atoms with van der Waals surface area (Å²) in [6.07, 6.45) is 1.57. The Morgan fingerprint density at radius 3 is 2.57 bits per heavy atom. The van der Waals surface area contributed by atoms with E-state index in [0.717, 1.165) is 21.7 Å². The van der Waals surface area contributed by atoms with Gasteiger partial charge in [0.05, 0.1) is 15.4 Å². The van der Waals surface area contributed by atoms with E-state index in [1.807, 2.05) is 6.07 Å². The number of benzene rings is 1. The summed E-state index contributed by atoms with van der Waals surface area (Å²) in [5, 5.41) is 5.39. The smallest absolute Gasteiger partial charge is 0.142 e. The first-order chi connectivity index (χ1) is 9.56. The van der Waals surface area contributed by atoms with Gasteiger partial charge in [-0.25, -0.2) is 9.97 Å². The Bertz CT molecular complexity index is 802. The Morgan fingerprint density at radius 1 is 1.10 bits per heavy atom. The molecule has 21 heavy (non-hydrogen) atoms. The topological polar surface area (TPSA) is 37.8 Å². The lowest BCUT2D eigenvalue weighted by Gasteiger charge is -2.08. The fourth-order valence-electron chi connectivity index (χ4n) is 1.99. The van der Waals surface area contributed by atoms with Gasteiger partial charge in [0.25, 0.3) is 0 Å². The molecule has 0 fully saturated rings. The van der Waals surface area contributed by atoms with Crippen LogP contribution in [0.3, 0.4) is 0 Å². The molecule has 3 nitrogen and oxygen atoms in total. The van der Waals surface area contributed by atoms with Crippen LogP contribution in [-0.2, 0) is 0 Å². The third-order valence-electron chi connectivity index (χ3n) is 3.15. The standard InChI is InChI=1S/C14H11Cl2N3S.ClH/c1-7-8(2)20-14-12(7)13(17-6-18-14)19-9-3-4-10(15)11(16)5-9;/h3-6H,1-2H3,(H,17,18,19);1H. The Morgan fingerprint density at radius 2 is 1.86 bits per heavy atom. The zero-order chi connectivity index (χ0) is 14.3. The van der Waals surface area contributed by atoms with Crippen LogP contribution in [0, 0.1) is 13.8 Å². The van der Waals surface area contributed by atoms with Gasteiger partial charge in [0.2, 0.25) is 0 Å². The second-order valence-electron chi connectivity index (χ2n) is 4.44. The highest BCUT2D eigenvalue weighted by molar-refractivity contribution is 7.18. The molecule has 2 heterocycles. The van der Waals surface area contributed by atoms with Crippen molar-refractivity contribution in [1.29, 1.82) is 0 Å². The molecule has 0 spiro atoms. The van der Waals surface area contributed by atoms with Crippen molar-refractivity contribution in [3.05, 3.63) is 45.0 Å². The Kier molecular flexibility index (Phi) is 4.94. The van der Waals surface area contributed by atoms with Crippen LogP contribution >= 0.6 is 46.9 Å². The number of hydrogen-bond acceptors (Lipinski definition) is 4. The number of hydrogen-bond donors (Lipinski definition) is 1. The molecule has 2 aromatic heterocycles. The van der Waals surface area contributed by atoms with E-state index in [1.54, 1.807) is 29.8 Å². The van der Waals surface area contributed by atoms with E-state index in [9.17, 15) is 0 Å². The Labute approximate surface area is 142 Å². The first-order valence-electron chi connectivity index (χ1n) is 5.99. The summed E-state index contributed by atoms with van der Waals surface area (Å²) in [5.74, 6) is 0.787. The number of nitrogens with one attached hydrogen (secondary N) is 1. The average Bonchev–Trinajstić information content (AvgIpc) is 2.71. The van der Waals surface area contributed by atoms with Crippen LogP contribution < -0.4 is 5.32 Å². The Hall–Kier alpha value is -1.07. The summed E-state index contributed by atoms with van der Waals surface area (Å²) in [6.45, 7) is 4.17. The van der Waals surface area contributed by atoms with Crippen LogP contribution in [-0.4, -0.2) is 9.97 Å². The van der Waals surface area contributed by atoms with Crippen LogP contribution in [0.5, 0.6) is 0 Å². The molecule has 0 bridgehead atoms. The van der Waals surface area contributed by atoms with Gasteiger partial charge in [-0.2, -0.15) is 0 Å². The summed E-state index contributed by atoms with van der Waals surface area (Å²) < 4.78 is 0. The fourth-order valence-corrected chi connectivity index (χ4v) is 3.28. The van der Waals surface area contributed by atoms with Crippen molar-refractivity contribution < 1.29 is 0 Å². The van der Waals surface area contributed by atoms with Crippen LogP contribution in [0.2, 0.25) is 10.0 Å². The molecule has 0 unspecified atom stereocenters. The van der Waals surface area contributed by atoms with Crippen LogP contribution in [0.1, 0.15) is 10.4 Å². The number of aromatic nitrogens is 2. The summed E-state index contributed by atoms with van der Waals surface area (Å²) >= 11 is 13.6. The van der Waals surface area contributed by atoms with Gasteiger partial charge in [0.15, 0.2) is 0 Å². The number of thiophene rings is 1. The molecule has 0 saturated heterocycles. The van der Waals surface area contributed by atoms with Gasteiger partial charge in [-0.1, -0.05) is 23.2 Å². The highest BCUT2D eigenvalue weighted by Crippen LogP contribution is 2.34. The maximum atomic E-state index is 6.03. The van der Waals surface area contributed by atoms with Crippen molar-refractivity contribution in [2.45, 2.75) is 13.8 Å². The third kappa shape index (κ3) is 3.09. The summed E-state index contributed by atoms with van der Waals surface area (Å²) in [5.41, 5.74) is 2.05. The van der Waals surface area contributed by atoms with Crippen molar-refractivity contribution in [2.75, 3.05) is 5.32 Å². The van der Waals surface area contributed by atoms with Gasteiger partial charge >= 0.3 is 0 Å². The predicted octanol–water partition coefficient (Wildman–Crippen LogP) is 5.78. The second-order valence-corrected chi connectivity index (χ2v) is 6.46. The molecule has 3 aromatic rings. The number of fused-ring (bicyclic) bond motifs is 1. The molecule has 110 valence electrons. The number of halogens is 3. The van der Waals surface area contributed by atoms with Gasteiger partial charge in [0.1, 0.15) is 17.0 Å². The number of rotatable bonds is 2. The van der Waals surface area contributed by atoms with Crippen LogP contribution in [0.4, 0.5) is 11.5 Å². The predicted molar refractivity (Wildman–Crippen MR) is 93.9 cm³/mol. The first kappa shape index (κ1) is 16.3. The fraction of sp³-hybridized carbons (Fsp3) is 0.143. The molecule has 1 N–H and O–H groups in total. The third-order valence-corrected chi connectivity index (χ3v) is 5.00. The van der Waals surface area contributed by atoms with Gasteiger partial charge < -0.3 is 5.32 Å². The van der Waals surface area contributed by atoms with Crippen LogP contribution in [0.15, 0.2) is 24.5 Å². The number of aryl methyl sites for hydroxylation is 2. The van der Waals surface area contributed by atoms with Gasteiger partial charge in [0, 0.05) is 10.6 Å². The minimum atomic E-state index is 0. The number of anilines is 2. The van der Waals surface area contributed by atoms with Crippen molar-refractivity contribution >= 4 is 68.7 Å². The zero-order valence-corrected chi connectivity index (χ0v) is 14.4. The summed E-state index contributed by atoms with van der Waals surface area (Å²) in [4.78, 5) is 10.9. The summed E-state index contributed by atoms with van der Waals surface area (Å²) in [6, 6.07) is 5.42. The monoisotopic (exact) mass is 359 g/mol. The highest BCUT2D eigenvalue weighted by Gasteiger charge is 2.12. The SMILES string of the molecule is Cc1sc2ncnc(Nc3ccc(Cl)c(Cl)c3)c2c1C.Cl. The van der Waals surface area contributed by atoms with E-state index in [-0.39, 0.29) is 12.4 Å². The number of nitrogens with zero attached hydrogens (tertiary/aromatic N) is 2. The maximum absolute atomic E-state index is 6.03. The maximum Gasteiger partial charge on any atom is 0.142 e. The molecule has 1 aromatic carbocycles. The normalized spacial score (nSPS) is 10.5. The van der Waals surface area contributed by atoms with Crippen LogP contribution in [0.25, 0.3) is 10.2 Å². The van der Waals surface area contributed by atoms with Crippen molar-refractivity contribution in [3.8, 4) is 0 Å². The van der Waals surface area contributed by atoms with E-state index < -0.39 is 0 Å². The molecule has 0 aliphatic heterocycles. The minimum Gasteiger partial charge on any atom is -0.340 e. The lowest BCUT2D eigenvalue weighted by molar-refractivity contribution is 1.22. The molecular formula is C14H12Cl3N3S. The molecule has 0 atom stereocenters. The second kappa shape index (κ2) is 6.36. The van der Waals surface area contributed by atoms with Gasteiger partial charge in [-0.15, -0.1) is 23.7 Å². The first-order valence-corrected chi connectivity index (χ1v) is 7.56. The van der Waals surface area contributed by atoms with E-state index >= 15 is 0 Å². The van der Waals surface area contributed by atoms with Crippen molar-refractivity contribution in [1.82, 2.24) is 9.97 Å². The van der Waals surface area contributed by atoms with E-state index in [2.05, 4.69) is 29.1 Å². The molecule has 0 aliphatic rings. The molecule has 0 saturated carbocycles. The highest BCUT2D eigenvalue weighted by atomic mass is 35.5. The molecule has 0 radical (unpaired) electrons. The van der Waals surface area contributed by atoms with E-state index in [0.29, 0.717) is 10.0 Å². The molecule has 7 heteroatoms. The van der Waals surface area contributed by atoms with Crippen molar-refractivity contribution in [3.63, 3.8) is 0 Å². The van der Waals surface area contributed by atoms with E-state index in [4.69, 9.17) is 23.2 Å². The average molecular weight is 361 g/mol. The molecule has 0 amide bonds.